The molecule has 0 amide bonds. The Hall–Kier alpha value is -1.31. The third kappa shape index (κ3) is 27.0. The van der Waals surface area contributed by atoms with Crippen LogP contribution in [0.15, 0.2) is 30.3 Å². The van der Waals surface area contributed by atoms with Gasteiger partial charge in [0.1, 0.15) is 6.61 Å². The summed E-state index contributed by atoms with van der Waals surface area (Å²) < 4.78 is 60.0. The fourth-order valence-electron chi connectivity index (χ4n) is 3.10. The summed E-state index contributed by atoms with van der Waals surface area (Å²) in [6.07, 6.45) is 0. The molecule has 0 aliphatic heterocycles. The molecule has 0 aliphatic rings. The highest BCUT2D eigenvalue weighted by Crippen LogP contribution is 2.01. The molecule has 1 aromatic rings. The van der Waals surface area contributed by atoms with E-state index >= 15 is 0 Å². The van der Waals surface area contributed by atoms with E-state index in [4.69, 9.17) is 52.1 Å². The highest BCUT2D eigenvalue weighted by atomic mass is 127. The minimum Gasteiger partial charge on any atom is -0.457 e. The van der Waals surface area contributed by atoms with Gasteiger partial charge in [0.25, 0.3) is 5.78 Å². The summed E-state index contributed by atoms with van der Waals surface area (Å²) in [4.78, 5) is 23.6. The van der Waals surface area contributed by atoms with Crippen molar-refractivity contribution in [2.75, 3.05) is 143 Å². The summed E-state index contributed by atoms with van der Waals surface area (Å²) >= 11 is 2.27. The van der Waals surface area contributed by atoms with Crippen molar-refractivity contribution in [3.8, 4) is 0 Å². The molecule has 0 spiro atoms. The first-order valence-electron chi connectivity index (χ1n) is 14.9. The molecule has 0 saturated carbocycles. The second-order valence-electron chi connectivity index (χ2n) is 8.64. The average molecular weight is 745 g/mol. The fraction of sp³-hybridized carbons (Fsp3) is 0.733. The Morgan fingerprint density at radius 3 is 0.977 bits per heavy atom. The number of Topliss-reactive ketones (excluding diaryl/α,β-unsaturated/α-hetero) is 1. The van der Waals surface area contributed by atoms with Crippen LogP contribution < -0.4 is 0 Å². The number of hydrogen-bond acceptors (Lipinski definition) is 13. The fourth-order valence-corrected chi connectivity index (χ4v) is 3.41. The van der Waals surface area contributed by atoms with Gasteiger partial charge in [-0.05, 0) is 0 Å². The van der Waals surface area contributed by atoms with Gasteiger partial charge in [-0.2, -0.15) is 0 Å². The number of rotatable bonds is 34. The normalized spacial score (nSPS) is 11.2. The monoisotopic (exact) mass is 744 g/mol. The minimum atomic E-state index is -0.896. The van der Waals surface area contributed by atoms with Crippen molar-refractivity contribution in [1.82, 2.24) is 0 Å². The van der Waals surface area contributed by atoms with Crippen molar-refractivity contribution >= 4 is 34.3 Å². The van der Waals surface area contributed by atoms with Crippen LogP contribution in [0.25, 0.3) is 0 Å². The summed E-state index contributed by atoms with van der Waals surface area (Å²) in [7, 11) is 0. The van der Waals surface area contributed by atoms with E-state index in [0.29, 0.717) is 124 Å². The van der Waals surface area contributed by atoms with Crippen molar-refractivity contribution in [3.63, 3.8) is 0 Å². The maximum Gasteiger partial charge on any atom is 0.379 e. The second kappa shape index (κ2) is 33.1. The minimum absolute atomic E-state index is 0.000312. The van der Waals surface area contributed by atoms with Crippen molar-refractivity contribution < 1.29 is 61.7 Å². The van der Waals surface area contributed by atoms with Crippen LogP contribution in [0.3, 0.4) is 0 Å². The number of carbonyl (C=O) groups excluding carboxylic acids is 2. The molecule has 0 aliphatic carbocycles. The molecule has 1 aromatic carbocycles. The maximum atomic E-state index is 11.9. The first-order valence-corrected chi connectivity index (χ1v) is 16.4. The van der Waals surface area contributed by atoms with Crippen LogP contribution in [0.5, 0.6) is 0 Å². The van der Waals surface area contributed by atoms with Gasteiger partial charge < -0.3 is 52.1 Å². The van der Waals surface area contributed by atoms with Gasteiger partial charge in [0.2, 0.25) is 0 Å². The lowest BCUT2D eigenvalue weighted by Gasteiger charge is -2.09. The maximum absolute atomic E-state index is 11.9. The summed E-state index contributed by atoms with van der Waals surface area (Å²) in [6, 6.07) is 8.26. The smallest absolute Gasteiger partial charge is 0.379 e. The van der Waals surface area contributed by atoms with Gasteiger partial charge in [0.15, 0.2) is 0 Å². The highest BCUT2D eigenvalue weighted by molar-refractivity contribution is 14.1. The number of ether oxygens (including phenoxy) is 11. The number of benzene rings is 1. The van der Waals surface area contributed by atoms with E-state index in [9.17, 15) is 9.59 Å². The molecule has 13 nitrogen and oxygen atoms in total. The van der Waals surface area contributed by atoms with Gasteiger partial charge in [-0.15, -0.1) is 0 Å². The van der Waals surface area contributed by atoms with Gasteiger partial charge in [-0.3, -0.25) is 4.79 Å². The molecule has 0 aromatic heterocycles. The zero-order chi connectivity index (χ0) is 31.6. The number of hydrogen-bond donors (Lipinski definition) is 0. The second-order valence-corrected chi connectivity index (χ2v) is 9.72. The molecular formula is C30H49IO13. The van der Waals surface area contributed by atoms with Crippen LogP contribution in [0, 0.1) is 0 Å². The molecule has 0 bridgehead atoms. The molecule has 0 fully saturated rings. The molecule has 14 heteroatoms. The van der Waals surface area contributed by atoms with Crippen LogP contribution in [0.1, 0.15) is 10.4 Å². The molecule has 1 rings (SSSR count). The number of carbonyl (C=O) groups is 2. The van der Waals surface area contributed by atoms with Gasteiger partial charge in [-0.1, -0.05) is 52.9 Å². The zero-order valence-corrected chi connectivity index (χ0v) is 27.8. The largest absolute Gasteiger partial charge is 0.457 e. The van der Waals surface area contributed by atoms with E-state index in [1.54, 1.807) is 30.3 Å². The van der Waals surface area contributed by atoms with E-state index in [1.165, 1.54) is 0 Å². The van der Waals surface area contributed by atoms with E-state index in [-0.39, 0.29) is 13.2 Å². The predicted octanol–water partition coefficient (Wildman–Crippen LogP) is 2.01. The first kappa shape index (κ1) is 40.7. The Balaban J connectivity index is 1.67. The molecule has 44 heavy (non-hydrogen) atoms. The Bertz CT molecular complexity index is 773. The standard InChI is InChI=1S/C30H49IO13/c31-6-7-34-8-9-35-10-11-36-12-13-37-14-15-38-16-17-39-18-19-40-20-21-41-22-23-42-24-25-43-26-27-44-30(33)29(32)28-4-2-1-3-5-28/h1-5H,6-27H2. The van der Waals surface area contributed by atoms with E-state index < -0.39 is 11.8 Å². The number of esters is 1. The predicted molar refractivity (Wildman–Crippen MR) is 169 cm³/mol. The van der Waals surface area contributed by atoms with Crippen LogP contribution in [-0.2, 0) is 56.9 Å². The summed E-state index contributed by atoms with van der Waals surface area (Å²) in [5.74, 6) is -1.57. The Morgan fingerprint density at radius 2 is 0.682 bits per heavy atom. The third-order valence-electron chi connectivity index (χ3n) is 5.25. The molecule has 0 heterocycles. The number of alkyl halides is 1. The van der Waals surface area contributed by atoms with Gasteiger partial charge >= 0.3 is 5.97 Å². The van der Waals surface area contributed by atoms with E-state index in [1.807, 2.05) is 0 Å². The van der Waals surface area contributed by atoms with Crippen molar-refractivity contribution in [2.24, 2.45) is 0 Å². The summed E-state index contributed by atoms with van der Waals surface area (Å²) in [6.45, 7) is 9.77. The summed E-state index contributed by atoms with van der Waals surface area (Å²) in [5.41, 5.74) is 0.297. The lowest BCUT2D eigenvalue weighted by Crippen LogP contribution is -2.20. The van der Waals surface area contributed by atoms with Gasteiger partial charge in [0.05, 0.1) is 132 Å². The Labute approximate surface area is 274 Å². The van der Waals surface area contributed by atoms with Crippen LogP contribution in [-0.4, -0.2) is 155 Å². The molecule has 0 atom stereocenters. The molecule has 0 unspecified atom stereocenters. The topological polar surface area (TPSA) is 136 Å². The van der Waals surface area contributed by atoms with Crippen molar-refractivity contribution in [1.29, 1.82) is 0 Å². The van der Waals surface area contributed by atoms with Crippen molar-refractivity contribution in [3.05, 3.63) is 35.9 Å². The van der Waals surface area contributed by atoms with Crippen LogP contribution >= 0.6 is 22.6 Å². The number of ketones is 1. The molecular weight excluding hydrogens is 695 g/mol. The lowest BCUT2D eigenvalue weighted by atomic mass is 10.1. The van der Waals surface area contributed by atoms with E-state index in [0.717, 1.165) is 11.0 Å². The Morgan fingerprint density at radius 1 is 0.409 bits per heavy atom. The highest BCUT2D eigenvalue weighted by Gasteiger charge is 2.17. The SMILES string of the molecule is O=C(OCCOCCOCCOCCOCCOCCOCCOCCOCCOCCOCCI)C(=O)c1ccccc1. The van der Waals surface area contributed by atoms with Crippen molar-refractivity contribution in [2.45, 2.75) is 0 Å². The third-order valence-corrected chi connectivity index (χ3v) is 5.69. The number of halogens is 1. The molecule has 0 saturated heterocycles. The van der Waals surface area contributed by atoms with Gasteiger partial charge in [-0.25, -0.2) is 4.79 Å². The molecule has 0 N–H and O–H groups in total. The first-order chi connectivity index (χ1) is 21.8. The van der Waals surface area contributed by atoms with Gasteiger partial charge in [0, 0.05) is 9.99 Å². The lowest BCUT2D eigenvalue weighted by molar-refractivity contribution is -0.139. The average Bonchev–Trinajstić information content (AvgIpc) is 3.05. The Kier molecular flexibility index (Phi) is 30.6. The molecule has 254 valence electrons. The zero-order valence-electron chi connectivity index (χ0n) is 25.6. The van der Waals surface area contributed by atoms with Crippen LogP contribution in [0.2, 0.25) is 0 Å². The molecule has 0 radical (unpaired) electrons. The van der Waals surface area contributed by atoms with E-state index in [2.05, 4.69) is 22.6 Å². The van der Waals surface area contributed by atoms with Crippen LogP contribution in [0.4, 0.5) is 0 Å². The quantitative estimate of drug-likeness (QED) is 0.0255. The summed E-state index contributed by atoms with van der Waals surface area (Å²) in [5, 5.41) is 0.